The Bertz CT molecular complexity index is 78.5. The lowest BCUT2D eigenvalue weighted by Crippen LogP contribution is -2.33. The van der Waals surface area contributed by atoms with E-state index in [0.29, 0.717) is 13.2 Å². The van der Waals surface area contributed by atoms with Crippen molar-refractivity contribution in [3.05, 3.63) is 0 Å². The highest BCUT2D eigenvalue weighted by Gasteiger charge is 1.99. The van der Waals surface area contributed by atoms with E-state index >= 15 is 0 Å². The SMILES string of the molecule is CCN(CN)C(C)=O. The van der Waals surface area contributed by atoms with Crippen molar-refractivity contribution in [1.29, 1.82) is 0 Å². The quantitative estimate of drug-likeness (QED) is 0.506. The first-order chi connectivity index (χ1) is 3.72. The minimum absolute atomic E-state index is 0.0370. The van der Waals surface area contributed by atoms with Gasteiger partial charge in [0.25, 0.3) is 0 Å². The highest BCUT2D eigenvalue weighted by molar-refractivity contribution is 5.72. The van der Waals surface area contributed by atoms with Crippen LogP contribution in [0.5, 0.6) is 0 Å². The first kappa shape index (κ1) is 7.43. The second-order valence-corrected chi connectivity index (χ2v) is 1.56. The number of hydrogen-bond donors (Lipinski definition) is 1. The van der Waals surface area contributed by atoms with Crippen LogP contribution in [-0.2, 0) is 4.79 Å². The molecule has 0 radical (unpaired) electrons. The average Bonchev–Trinajstić information content (AvgIpc) is 1.69. The summed E-state index contributed by atoms with van der Waals surface area (Å²) in [6.07, 6.45) is 0. The fourth-order valence-electron chi connectivity index (χ4n) is 0.480. The summed E-state index contributed by atoms with van der Waals surface area (Å²) >= 11 is 0. The number of carbonyl (C=O) groups is 1. The highest BCUT2D eigenvalue weighted by Crippen LogP contribution is 1.81. The molecule has 0 aliphatic carbocycles. The van der Waals surface area contributed by atoms with Crippen LogP contribution in [0.15, 0.2) is 0 Å². The van der Waals surface area contributed by atoms with Gasteiger partial charge in [-0.25, -0.2) is 0 Å². The number of nitrogens with zero attached hydrogens (tertiary/aromatic N) is 1. The Morgan fingerprint density at radius 1 is 1.75 bits per heavy atom. The van der Waals surface area contributed by atoms with Crippen LogP contribution in [0.2, 0.25) is 0 Å². The smallest absolute Gasteiger partial charge is 0.220 e. The third kappa shape index (κ3) is 1.93. The zero-order chi connectivity index (χ0) is 6.57. The average molecular weight is 116 g/mol. The second kappa shape index (κ2) is 3.43. The molecule has 0 aliphatic heterocycles. The number of amides is 1. The molecule has 0 fully saturated rings. The van der Waals surface area contributed by atoms with E-state index in [1.165, 1.54) is 6.92 Å². The molecule has 0 bridgehead atoms. The fraction of sp³-hybridized carbons (Fsp3) is 0.800. The lowest BCUT2D eigenvalue weighted by atomic mass is 10.5. The summed E-state index contributed by atoms with van der Waals surface area (Å²) in [6, 6.07) is 0. The summed E-state index contributed by atoms with van der Waals surface area (Å²) in [5, 5.41) is 0. The summed E-state index contributed by atoms with van der Waals surface area (Å²) in [5.74, 6) is 0.0370. The van der Waals surface area contributed by atoms with Gasteiger partial charge in [0.15, 0.2) is 0 Å². The molecule has 0 saturated carbocycles. The number of rotatable bonds is 2. The molecule has 0 aromatic rings. The van der Waals surface area contributed by atoms with Crippen LogP contribution in [0.1, 0.15) is 13.8 Å². The van der Waals surface area contributed by atoms with Gasteiger partial charge in [-0.3, -0.25) is 4.79 Å². The molecule has 0 heterocycles. The zero-order valence-electron chi connectivity index (χ0n) is 5.35. The lowest BCUT2D eigenvalue weighted by Gasteiger charge is -2.14. The standard InChI is InChI=1S/C5H12N2O/c1-3-7(4-6)5(2)8/h3-4,6H2,1-2H3. The molecule has 0 rings (SSSR count). The summed E-state index contributed by atoms with van der Waals surface area (Å²) in [6.45, 7) is 4.43. The van der Waals surface area contributed by atoms with E-state index in [1.54, 1.807) is 4.90 Å². The normalized spacial score (nSPS) is 8.88. The Kier molecular flexibility index (Phi) is 3.19. The summed E-state index contributed by atoms with van der Waals surface area (Å²) in [5.41, 5.74) is 5.19. The molecule has 3 nitrogen and oxygen atoms in total. The van der Waals surface area contributed by atoms with Crippen molar-refractivity contribution in [1.82, 2.24) is 4.90 Å². The maximum absolute atomic E-state index is 10.5. The van der Waals surface area contributed by atoms with E-state index in [9.17, 15) is 4.79 Å². The largest absolute Gasteiger partial charge is 0.331 e. The van der Waals surface area contributed by atoms with Crippen LogP contribution in [0, 0.1) is 0 Å². The van der Waals surface area contributed by atoms with Crippen LogP contribution < -0.4 is 5.73 Å². The molecular weight excluding hydrogens is 104 g/mol. The summed E-state index contributed by atoms with van der Waals surface area (Å²) in [4.78, 5) is 12.0. The molecule has 8 heavy (non-hydrogen) atoms. The Labute approximate surface area is 49.5 Å². The van der Waals surface area contributed by atoms with Crippen molar-refractivity contribution in [2.45, 2.75) is 13.8 Å². The van der Waals surface area contributed by atoms with Crippen molar-refractivity contribution in [3.63, 3.8) is 0 Å². The number of hydrogen-bond acceptors (Lipinski definition) is 2. The molecule has 0 aromatic carbocycles. The predicted molar refractivity (Wildman–Crippen MR) is 32.1 cm³/mol. The van der Waals surface area contributed by atoms with Gasteiger partial charge in [-0.1, -0.05) is 0 Å². The molecule has 0 spiro atoms. The minimum atomic E-state index is 0.0370. The lowest BCUT2D eigenvalue weighted by molar-refractivity contribution is -0.128. The summed E-state index contributed by atoms with van der Waals surface area (Å²) < 4.78 is 0. The molecule has 0 atom stereocenters. The van der Waals surface area contributed by atoms with Crippen molar-refractivity contribution in [2.24, 2.45) is 5.73 Å². The van der Waals surface area contributed by atoms with Gasteiger partial charge in [0.05, 0.1) is 6.67 Å². The monoisotopic (exact) mass is 116 g/mol. The third-order valence-electron chi connectivity index (χ3n) is 1.05. The van der Waals surface area contributed by atoms with Crippen LogP contribution in [0.25, 0.3) is 0 Å². The Hall–Kier alpha value is -0.570. The van der Waals surface area contributed by atoms with Gasteiger partial charge in [0.1, 0.15) is 0 Å². The van der Waals surface area contributed by atoms with Gasteiger partial charge in [0, 0.05) is 13.5 Å². The molecule has 1 amide bonds. The zero-order valence-corrected chi connectivity index (χ0v) is 5.35. The van der Waals surface area contributed by atoms with E-state index in [4.69, 9.17) is 5.73 Å². The number of nitrogens with two attached hydrogens (primary N) is 1. The van der Waals surface area contributed by atoms with Crippen molar-refractivity contribution < 1.29 is 4.79 Å². The topological polar surface area (TPSA) is 46.3 Å². The van der Waals surface area contributed by atoms with E-state index in [1.807, 2.05) is 6.92 Å². The molecule has 0 aliphatic rings. The third-order valence-corrected chi connectivity index (χ3v) is 1.05. The fourth-order valence-corrected chi connectivity index (χ4v) is 0.480. The molecular formula is C5H12N2O. The Morgan fingerprint density at radius 3 is 2.25 bits per heavy atom. The minimum Gasteiger partial charge on any atom is -0.331 e. The van der Waals surface area contributed by atoms with Gasteiger partial charge >= 0.3 is 0 Å². The van der Waals surface area contributed by atoms with Crippen LogP contribution in [0.4, 0.5) is 0 Å². The van der Waals surface area contributed by atoms with Gasteiger partial charge in [-0.15, -0.1) is 0 Å². The maximum Gasteiger partial charge on any atom is 0.220 e. The van der Waals surface area contributed by atoms with Crippen LogP contribution in [-0.4, -0.2) is 24.0 Å². The second-order valence-electron chi connectivity index (χ2n) is 1.56. The molecule has 2 N–H and O–H groups in total. The van der Waals surface area contributed by atoms with E-state index in [0.717, 1.165) is 0 Å². The Morgan fingerprint density at radius 2 is 2.25 bits per heavy atom. The Balaban J connectivity index is 3.52. The van der Waals surface area contributed by atoms with Crippen molar-refractivity contribution in [3.8, 4) is 0 Å². The van der Waals surface area contributed by atoms with E-state index in [2.05, 4.69) is 0 Å². The molecule has 48 valence electrons. The van der Waals surface area contributed by atoms with Gasteiger partial charge in [-0.2, -0.15) is 0 Å². The van der Waals surface area contributed by atoms with Gasteiger partial charge < -0.3 is 10.6 Å². The molecule has 0 aromatic heterocycles. The van der Waals surface area contributed by atoms with E-state index < -0.39 is 0 Å². The number of carbonyl (C=O) groups excluding carboxylic acids is 1. The van der Waals surface area contributed by atoms with Crippen molar-refractivity contribution >= 4 is 5.91 Å². The maximum atomic E-state index is 10.5. The first-order valence-electron chi connectivity index (χ1n) is 2.68. The van der Waals surface area contributed by atoms with Gasteiger partial charge in [0.2, 0.25) is 5.91 Å². The molecule has 0 unspecified atom stereocenters. The predicted octanol–water partition coefficient (Wildman–Crippen LogP) is -0.229. The van der Waals surface area contributed by atoms with Crippen molar-refractivity contribution in [2.75, 3.05) is 13.2 Å². The highest BCUT2D eigenvalue weighted by atomic mass is 16.2. The molecule has 3 heteroatoms. The van der Waals surface area contributed by atoms with Crippen LogP contribution >= 0.6 is 0 Å². The van der Waals surface area contributed by atoms with Gasteiger partial charge in [-0.05, 0) is 6.92 Å². The first-order valence-corrected chi connectivity index (χ1v) is 2.68. The summed E-state index contributed by atoms with van der Waals surface area (Å²) in [7, 11) is 0. The van der Waals surface area contributed by atoms with Crippen LogP contribution in [0.3, 0.4) is 0 Å². The van der Waals surface area contributed by atoms with E-state index in [-0.39, 0.29) is 5.91 Å². The molecule has 0 saturated heterocycles.